The van der Waals surface area contributed by atoms with Crippen LogP contribution in [0, 0.1) is 29.6 Å². The molecule has 0 saturated heterocycles. The Balaban J connectivity index is 1.41. The van der Waals surface area contributed by atoms with E-state index in [1.54, 1.807) is 35.8 Å². The van der Waals surface area contributed by atoms with E-state index in [1.165, 1.54) is 11.3 Å². The number of aromatic amines is 1. The number of H-pyrrole nitrogens is 1. The van der Waals surface area contributed by atoms with Crippen LogP contribution < -0.4 is 9.77 Å². The zero-order valence-electron chi connectivity index (χ0n) is 18.5. The van der Waals surface area contributed by atoms with E-state index in [1.807, 2.05) is 42.5 Å². The Morgan fingerprint density at radius 2 is 1.94 bits per heavy atom. The number of carbonyl (C=O) groups is 2. The van der Waals surface area contributed by atoms with Crippen molar-refractivity contribution in [2.75, 3.05) is 11.9 Å². The van der Waals surface area contributed by atoms with Gasteiger partial charge < -0.3 is 19.8 Å². The Labute approximate surface area is 205 Å². The molecular weight excluding hydrogens is 468 g/mol. The number of amides is 1. The molecule has 6 nitrogen and oxygen atoms in total. The van der Waals surface area contributed by atoms with Crippen LogP contribution in [0.2, 0.25) is 0 Å². The summed E-state index contributed by atoms with van der Waals surface area (Å²) < 4.78 is 0. The molecule has 2 heterocycles. The molecule has 3 aromatic rings. The average molecular weight is 493 g/mol. The van der Waals surface area contributed by atoms with Gasteiger partial charge in [0, 0.05) is 34.7 Å². The summed E-state index contributed by atoms with van der Waals surface area (Å²) in [6.45, 7) is 0. The molecule has 2 fully saturated rings. The van der Waals surface area contributed by atoms with Crippen molar-refractivity contribution in [3.63, 3.8) is 0 Å². The molecule has 3 aliphatic rings. The molecule has 1 aromatic heterocycles. The largest absolute Gasteiger partial charge is 0.508 e. The summed E-state index contributed by atoms with van der Waals surface area (Å²) in [4.78, 5) is 44.0. The number of para-hydroxylation sites is 1. The Hall–Kier alpha value is -2.84. The molecule has 1 amide bonds. The fraction of sp³-hybridized carbons (Fsp3) is 0.346. The van der Waals surface area contributed by atoms with E-state index in [0.717, 1.165) is 33.9 Å². The fourth-order valence-corrected chi connectivity index (χ4v) is 9.50. The van der Waals surface area contributed by atoms with E-state index in [9.17, 15) is 19.5 Å². The summed E-state index contributed by atoms with van der Waals surface area (Å²) in [5.74, 6) is -0.436. The van der Waals surface area contributed by atoms with Gasteiger partial charge in [-0.1, -0.05) is 41.7 Å². The Bertz CT molecular complexity index is 1320. The number of aldehydes is 1. The minimum Gasteiger partial charge on any atom is -0.508 e. The zero-order chi connectivity index (χ0) is 23.6. The van der Waals surface area contributed by atoms with Gasteiger partial charge in [-0.15, -0.1) is 11.8 Å². The predicted molar refractivity (Wildman–Crippen MR) is 133 cm³/mol. The van der Waals surface area contributed by atoms with Crippen molar-refractivity contribution < 1.29 is 14.7 Å². The lowest BCUT2D eigenvalue weighted by Crippen LogP contribution is -2.48. The van der Waals surface area contributed by atoms with E-state index in [-0.39, 0.29) is 57.3 Å². The van der Waals surface area contributed by atoms with E-state index in [0.29, 0.717) is 0 Å². The van der Waals surface area contributed by atoms with Crippen molar-refractivity contribution >= 4 is 41.0 Å². The van der Waals surface area contributed by atoms with Gasteiger partial charge in [0.25, 0.3) is 0 Å². The summed E-state index contributed by atoms with van der Waals surface area (Å²) in [6, 6.07) is 16.7. The lowest BCUT2D eigenvalue weighted by atomic mass is 9.67. The number of phenolic OH excluding ortho intramolecular Hbond substituents is 1. The minimum atomic E-state index is -0.377. The van der Waals surface area contributed by atoms with Crippen molar-refractivity contribution in [3.8, 4) is 5.75 Å². The SMILES string of the molecule is CN(C(=O)[C@H]1[C@@H](C=O)[C@@H]2C[C@H]1[C@H]1Sc3[nH]c(=O)sc3[C@H](c3cccc(O)c3)[C@@H]21)c1ccccc1. The number of benzene rings is 2. The highest BCUT2D eigenvalue weighted by molar-refractivity contribution is 8.00. The van der Waals surface area contributed by atoms with Gasteiger partial charge in [-0.2, -0.15) is 0 Å². The van der Waals surface area contributed by atoms with Crippen molar-refractivity contribution in [1.29, 1.82) is 0 Å². The van der Waals surface area contributed by atoms with Gasteiger partial charge in [0.2, 0.25) is 5.91 Å². The Morgan fingerprint density at radius 3 is 2.68 bits per heavy atom. The number of thioether (sulfide) groups is 1. The molecule has 34 heavy (non-hydrogen) atoms. The number of phenols is 1. The maximum atomic E-state index is 13.7. The maximum Gasteiger partial charge on any atom is 0.305 e. The summed E-state index contributed by atoms with van der Waals surface area (Å²) in [6.07, 6.45) is 1.81. The number of thiazole rings is 1. The predicted octanol–water partition coefficient (Wildman–Crippen LogP) is 4.11. The van der Waals surface area contributed by atoms with Gasteiger partial charge in [0.15, 0.2) is 0 Å². The summed E-state index contributed by atoms with van der Waals surface area (Å²) in [5, 5.41) is 11.2. The first-order chi connectivity index (χ1) is 16.5. The number of aromatic hydroxyl groups is 1. The number of rotatable bonds is 4. The van der Waals surface area contributed by atoms with Crippen molar-refractivity contribution in [3.05, 3.63) is 74.7 Å². The van der Waals surface area contributed by atoms with Gasteiger partial charge in [0.1, 0.15) is 12.0 Å². The number of hydrogen-bond acceptors (Lipinski definition) is 6. The zero-order valence-corrected chi connectivity index (χ0v) is 20.1. The molecule has 0 spiro atoms. The molecule has 2 N–H and O–H groups in total. The number of nitrogens with one attached hydrogen (secondary N) is 1. The molecule has 2 aliphatic carbocycles. The monoisotopic (exact) mass is 492 g/mol. The third kappa shape index (κ3) is 3.19. The lowest BCUT2D eigenvalue weighted by molar-refractivity contribution is -0.129. The highest BCUT2D eigenvalue weighted by Gasteiger charge is 2.64. The minimum absolute atomic E-state index is 0.0200. The van der Waals surface area contributed by atoms with Crippen LogP contribution in [-0.4, -0.2) is 34.6 Å². The second kappa shape index (κ2) is 8.13. The van der Waals surface area contributed by atoms with Gasteiger partial charge in [-0.25, -0.2) is 0 Å². The summed E-state index contributed by atoms with van der Waals surface area (Å²) >= 11 is 2.88. The number of anilines is 1. The van der Waals surface area contributed by atoms with Crippen LogP contribution in [0.3, 0.4) is 0 Å². The Morgan fingerprint density at radius 1 is 1.15 bits per heavy atom. The second-order valence-corrected chi connectivity index (χ2v) is 11.7. The third-order valence-corrected chi connectivity index (χ3v) is 10.5. The number of fused-ring (bicyclic) bond motifs is 6. The molecule has 174 valence electrons. The molecule has 6 rings (SSSR count). The third-order valence-electron chi connectivity index (χ3n) is 7.92. The molecule has 7 atom stereocenters. The summed E-state index contributed by atoms with van der Waals surface area (Å²) in [7, 11) is 1.78. The molecule has 0 radical (unpaired) electrons. The highest BCUT2D eigenvalue weighted by Crippen LogP contribution is 2.66. The van der Waals surface area contributed by atoms with Crippen molar-refractivity contribution in [2.45, 2.75) is 22.6 Å². The van der Waals surface area contributed by atoms with E-state index < -0.39 is 0 Å². The highest BCUT2D eigenvalue weighted by atomic mass is 32.2. The van der Waals surface area contributed by atoms with E-state index >= 15 is 0 Å². The first-order valence-corrected chi connectivity index (χ1v) is 13.1. The van der Waals surface area contributed by atoms with E-state index in [2.05, 4.69) is 4.98 Å². The normalized spacial score (nSPS) is 31.0. The lowest BCUT2D eigenvalue weighted by Gasteiger charge is -2.45. The molecule has 1 aliphatic heterocycles. The quantitative estimate of drug-likeness (QED) is 0.535. The molecule has 2 bridgehead atoms. The van der Waals surface area contributed by atoms with Crippen molar-refractivity contribution in [2.24, 2.45) is 29.6 Å². The first kappa shape index (κ1) is 21.7. The van der Waals surface area contributed by atoms with Crippen LogP contribution in [0.1, 0.15) is 22.8 Å². The van der Waals surface area contributed by atoms with Gasteiger partial charge in [-0.3, -0.25) is 9.59 Å². The molecule has 0 unspecified atom stereocenters. The average Bonchev–Trinajstić information content (AvgIpc) is 3.52. The second-order valence-electron chi connectivity index (χ2n) is 9.48. The number of nitrogens with zero attached hydrogens (tertiary/aromatic N) is 1. The van der Waals surface area contributed by atoms with Crippen molar-refractivity contribution in [1.82, 2.24) is 4.98 Å². The number of hydrogen-bond donors (Lipinski definition) is 2. The van der Waals surface area contributed by atoms with Crippen LogP contribution in [0.25, 0.3) is 0 Å². The topological polar surface area (TPSA) is 90.5 Å². The Kier molecular flexibility index (Phi) is 5.18. The first-order valence-electron chi connectivity index (χ1n) is 11.4. The molecular formula is C26H24N2O4S2. The number of aromatic nitrogens is 1. The molecule has 2 saturated carbocycles. The van der Waals surface area contributed by atoms with E-state index in [4.69, 9.17) is 0 Å². The van der Waals surface area contributed by atoms with Crippen LogP contribution >= 0.6 is 23.1 Å². The van der Waals surface area contributed by atoms with Crippen LogP contribution in [-0.2, 0) is 9.59 Å². The standard InChI is InChI=1S/C26H24N2O4S2/c1-28(14-7-3-2-4-8-14)25(31)20-17-11-16(18(20)12-29)21-19(13-6-5-9-15(30)10-13)23-24(33-22(17)21)27-26(32)34-23/h2-10,12,16-22,30H,11H2,1H3,(H,27,32)/t16-,17+,18-,19+,20+,21+,22+/m0/s1. The smallest absolute Gasteiger partial charge is 0.305 e. The van der Waals surface area contributed by atoms with Gasteiger partial charge in [0.05, 0.1) is 10.9 Å². The summed E-state index contributed by atoms with van der Waals surface area (Å²) in [5.41, 5.74) is 1.77. The molecule has 8 heteroatoms. The maximum absolute atomic E-state index is 13.7. The van der Waals surface area contributed by atoms with Gasteiger partial charge >= 0.3 is 4.87 Å². The molecule has 2 aromatic carbocycles. The van der Waals surface area contributed by atoms with Crippen LogP contribution in [0.5, 0.6) is 5.75 Å². The van der Waals surface area contributed by atoms with Crippen LogP contribution in [0.15, 0.2) is 64.4 Å². The fourth-order valence-electron chi connectivity index (χ4n) is 6.61. The van der Waals surface area contributed by atoms with Gasteiger partial charge in [-0.05, 0) is 54.0 Å². The van der Waals surface area contributed by atoms with Crippen LogP contribution in [0.4, 0.5) is 5.69 Å². The number of carbonyl (C=O) groups excluding carboxylic acids is 2.